The Kier molecular flexibility index (Phi) is 6.29. The lowest BCUT2D eigenvalue weighted by atomic mass is 9.93. The third kappa shape index (κ3) is 3.54. The summed E-state index contributed by atoms with van der Waals surface area (Å²) < 4.78 is 5.38. The van der Waals surface area contributed by atoms with Crippen LogP contribution in [0, 0.1) is 0 Å². The third-order valence-corrected chi connectivity index (χ3v) is 4.84. The Morgan fingerprint density at radius 3 is 2.72 bits per heavy atom. The van der Waals surface area contributed by atoms with E-state index >= 15 is 0 Å². The van der Waals surface area contributed by atoms with E-state index in [0.29, 0.717) is 19.2 Å². The van der Waals surface area contributed by atoms with Crippen molar-refractivity contribution in [2.75, 3.05) is 27.3 Å². The first-order chi connectivity index (χ1) is 8.59. The molecule has 1 heterocycles. The first-order valence-electron chi connectivity index (χ1n) is 6.54. The minimum atomic E-state index is -0.0502. The van der Waals surface area contributed by atoms with Crippen LogP contribution < -0.4 is 5.73 Å². The van der Waals surface area contributed by atoms with E-state index in [4.69, 9.17) is 10.5 Å². The van der Waals surface area contributed by atoms with E-state index in [1.807, 2.05) is 11.3 Å². The Hall–Kier alpha value is -0.420. The Labute approximate surface area is 115 Å². The number of rotatable bonds is 8. The van der Waals surface area contributed by atoms with Gasteiger partial charge in [0.05, 0.1) is 12.1 Å². The minimum absolute atomic E-state index is 0.0502. The lowest BCUT2D eigenvalue weighted by Crippen LogP contribution is -2.58. The molecule has 0 aliphatic carbocycles. The van der Waals surface area contributed by atoms with Gasteiger partial charge in [-0.1, -0.05) is 13.0 Å². The van der Waals surface area contributed by atoms with Gasteiger partial charge in [-0.05, 0) is 38.3 Å². The molecule has 2 N–H and O–H groups in total. The molecule has 0 spiro atoms. The zero-order chi connectivity index (χ0) is 13.6. The number of methoxy groups -OCH3 is 1. The summed E-state index contributed by atoms with van der Waals surface area (Å²) in [5.41, 5.74) is 5.95. The van der Waals surface area contributed by atoms with Crippen molar-refractivity contribution in [1.82, 2.24) is 4.90 Å². The second-order valence-corrected chi connectivity index (χ2v) is 5.99. The second-order valence-electron chi connectivity index (χ2n) is 4.96. The number of hydrogen-bond donors (Lipinski definition) is 1. The van der Waals surface area contributed by atoms with Crippen LogP contribution in [-0.2, 0) is 11.2 Å². The lowest BCUT2D eigenvalue weighted by molar-refractivity contribution is 0.00709. The molecule has 4 heteroatoms. The van der Waals surface area contributed by atoms with E-state index in [1.54, 1.807) is 7.11 Å². The summed E-state index contributed by atoms with van der Waals surface area (Å²) in [5.74, 6) is 0. The van der Waals surface area contributed by atoms with Gasteiger partial charge >= 0.3 is 0 Å². The van der Waals surface area contributed by atoms with Crippen LogP contribution >= 0.6 is 11.3 Å². The van der Waals surface area contributed by atoms with E-state index in [-0.39, 0.29) is 5.54 Å². The van der Waals surface area contributed by atoms with E-state index < -0.39 is 0 Å². The zero-order valence-corrected chi connectivity index (χ0v) is 12.8. The molecule has 0 aromatic carbocycles. The highest BCUT2D eigenvalue weighted by Gasteiger charge is 2.34. The van der Waals surface area contributed by atoms with Crippen LogP contribution in [0.15, 0.2) is 17.5 Å². The van der Waals surface area contributed by atoms with Gasteiger partial charge in [-0.25, -0.2) is 0 Å². The number of ether oxygens (including phenoxy) is 1. The molecule has 1 rings (SSSR count). The van der Waals surface area contributed by atoms with Crippen LogP contribution in [0.3, 0.4) is 0 Å². The summed E-state index contributed by atoms with van der Waals surface area (Å²) in [6, 6.07) is 4.77. The number of thiophene rings is 1. The van der Waals surface area contributed by atoms with Crippen LogP contribution in [0.2, 0.25) is 0 Å². The Morgan fingerprint density at radius 2 is 2.28 bits per heavy atom. The Morgan fingerprint density at radius 1 is 1.56 bits per heavy atom. The number of hydrogen-bond acceptors (Lipinski definition) is 4. The summed E-state index contributed by atoms with van der Waals surface area (Å²) in [6.07, 6.45) is 2.07. The summed E-state index contributed by atoms with van der Waals surface area (Å²) in [6.45, 7) is 5.75. The molecule has 0 amide bonds. The van der Waals surface area contributed by atoms with Gasteiger partial charge in [0.15, 0.2) is 0 Å². The van der Waals surface area contributed by atoms with Crippen molar-refractivity contribution in [3.05, 3.63) is 22.4 Å². The van der Waals surface area contributed by atoms with Crippen molar-refractivity contribution in [2.24, 2.45) is 5.73 Å². The minimum Gasteiger partial charge on any atom is -0.383 e. The fraction of sp³-hybridized carbons (Fsp3) is 0.714. The molecule has 3 nitrogen and oxygen atoms in total. The number of nitrogens with zero attached hydrogens (tertiary/aromatic N) is 1. The molecule has 2 unspecified atom stereocenters. The molecular formula is C14H26N2OS. The molecule has 0 saturated heterocycles. The average Bonchev–Trinajstić information content (AvgIpc) is 2.88. The summed E-state index contributed by atoms with van der Waals surface area (Å²) >= 11 is 1.82. The molecule has 18 heavy (non-hydrogen) atoms. The average molecular weight is 270 g/mol. The van der Waals surface area contributed by atoms with Gasteiger partial charge in [0, 0.05) is 24.6 Å². The highest BCUT2D eigenvalue weighted by atomic mass is 32.1. The van der Waals surface area contributed by atoms with Crippen molar-refractivity contribution in [3.63, 3.8) is 0 Å². The number of nitrogens with two attached hydrogens (primary N) is 1. The molecule has 104 valence electrons. The molecule has 0 radical (unpaired) electrons. The predicted octanol–water partition coefficient (Wildman–Crippen LogP) is 2.36. The third-order valence-electron chi connectivity index (χ3n) is 3.94. The second kappa shape index (κ2) is 7.24. The SMILES string of the molecule is CCC(CN)(COC)N(C)C(C)Cc1cccs1. The van der Waals surface area contributed by atoms with Crippen LogP contribution in [0.5, 0.6) is 0 Å². The quantitative estimate of drug-likeness (QED) is 0.788. The molecular weight excluding hydrogens is 244 g/mol. The Bertz CT molecular complexity index is 323. The summed E-state index contributed by atoms with van der Waals surface area (Å²) in [4.78, 5) is 3.81. The van der Waals surface area contributed by atoms with E-state index in [2.05, 4.69) is 43.3 Å². The van der Waals surface area contributed by atoms with Crippen molar-refractivity contribution in [1.29, 1.82) is 0 Å². The molecule has 0 aliphatic heterocycles. The van der Waals surface area contributed by atoms with Gasteiger partial charge in [-0.3, -0.25) is 4.90 Å². The maximum atomic E-state index is 6.00. The zero-order valence-electron chi connectivity index (χ0n) is 12.0. The fourth-order valence-corrected chi connectivity index (χ4v) is 3.22. The highest BCUT2D eigenvalue weighted by molar-refractivity contribution is 7.09. The van der Waals surface area contributed by atoms with Crippen molar-refractivity contribution < 1.29 is 4.74 Å². The monoisotopic (exact) mass is 270 g/mol. The standard InChI is InChI=1S/C14H26N2OS/c1-5-14(10-15,11-17-4)16(3)12(2)9-13-7-6-8-18-13/h6-8,12H,5,9-11,15H2,1-4H3. The molecule has 0 aliphatic rings. The molecule has 2 atom stereocenters. The lowest BCUT2D eigenvalue weighted by Gasteiger charge is -2.43. The van der Waals surface area contributed by atoms with Crippen molar-refractivity contribution >= 4 is 11.3 Å². The van der Waals surface area contributed by atoms with Gasteiger partial charge in [0.25, 0.3) is 0 Å². The van der Waals surface area contributed by atoms with Crippen molar-refractivity contribution in [3.8, 4) is 0 Å². The normalized spacial score (nSPS) is 16.8. The van der Waals surface area contributed by atoms with Gasteiger partial charge in [0.2, 0.25) is 0 Å². The van der Waals surface area contributed by atoms with Crippen LogP contribution in [0.1, 0.15) is 25.1 Å². The topological polar surface area (TPSA) is 38.5 Å². The first-order valence-corrected chi connectivity index (χ1v) is 7.42. The maximum absolute atomic E-state index is 6.00. The van der Waals surface area contributed by atoms with Crippen LogP contribution in [0.4, 0.5) is 0 Å². The van der Waals surface area contributed by atoms with E-state index in [0.717, 1.165) is 12.8 Å². The fourth-order valence-electron chi connectivity index (χ4n) is 2.39. The van der Waals surface area contributed by atoms with Gasteiger partial charge in [-0.2, -0.15) is 0 Å². The van der Waals surface area contributed by atoms with E-state index in [9.17, 15) is 0 Å². The smallest absolute Gasteiger partial charge is 0.0658 e. The predicted molar refractivity (Wildman–Crippen MR) is 79.2 cm³/mol. The molecule has 0 fully saturated rings. The van der Waals surface area contributed by atoms with Crippen LogP contribution in [-0.4, -0.2) is 43.8 Å². The maximum Gasteiger partial charge on any atom is 0.0658 e. The molecule has 0 bridgehead atoms. The summed E-state index contributed by atoms with van der Waals surface area (Å²) in [7, 11) is 3.91. The van der Waals surface area contributed by atoms with Gasteiger partial charge in [-0.15, -0.1) is 11.3 Å². The molecule has 1 aromatic heterocycles. The Balaban J connectivity index is 2.72. The highest BCUT2D eigenvalue weighted by Crippen LogP contribution is 2.23. The summed E-state index contributed by atoms with van der Waals surface area (Å²) in [5, 5.41) is 2.13. The molecule has 0 saturated carbocycles. The largest absolute Gasteiger partial charge is 0.383 e. The van der Waals surface area contributed by atoms with Crippen LogP contribution in [0.25, 0.3) is 0 Å². The number of likely N-dealkylation sites (N-methyl/N-ethyl adjacent to an activating group) is 1. The van der Waals surface area contributed by atoms with Crippen molar-refractivity contribution in [2.45, 2.75) is 38.3 Å². The van der Waals surface area contributed by atoms with E-state index in [1.165, 1.54) is 4.88 Å². The molecule has 1 aromatic rings. The van der Waals surface area contributed by atoms with Gasteiger partial charge < -0.3 is 10.5 Å². The first kappa shape index (κ1) is 15.6. The van der Waals surface area contributed by atoms with Gasteiger partial charge in [0.1, 0.15) is 0 Å².